The van der Waals surface area contributed by atoms with Gasteiger partial charge in [-0.1, -0.05) is 68.8 Å². The van der Waals surface area contributed by atoms with Gasteiger partial charge in [0.15, 0.2) is 29.2 Å². The van der Waals surface area contributed by atoms with Crippen molar-refractivity contribution in [1.82, 2.24) is 5.32 Å². The molecule has 388 valence electrons. The molecule has 4 fully saturated rings. The van der Waals surface area contributed by atoms with E-state index in [1.54, 1.807) is 94.4 Å². The molecule has 71 heavy (non-hydrogen) atoms. The van der Waals surface area contributed by atoms with E-state index >= 15 is 4.79 Å². The number of hydrogen-bond donors (Lipinski definition) is 3. The van der Waals surface area contributed by atoms with Gasteiger partial charge in [-0.05, 0) is 149 Å². The lowest BCUT2D eigenvalue weighted by molar-refractivity contribution is -0.201. The number of fused-ring (bicyclic) bond motifs is 7. The van der Waals surface area contributed by atoms with Gasteiger partial charge in [-0.2, -0.15) is 0 Å². The number of aliphatic hydroxyl groups excluding tert-OH is 1. The summed E-state index contributed by atoms with van der Waals surface area (Å²) in [4.78, 5) is 66.0. The van der Waals surface area contributed by atoms with Gasteiger partial charge in [0.25, 0.3) is 0 Å². The first-order valence-electron chi connectivity index (χ1n) is 25.0. The zero-order chi connectivity index (χ0) is 52.3. The van der Waals surface area contributed by atoms with E-state index in [1.807, 2.05) is 55.5 Å². The van der Waals surface area contributed by atoms with Crippen LogP contribution in [-0.2, 0) is 57.9 Å². The molecular weight excluding hydrogens is 928 g/mol. The molecule has 3 N–H and O–H groups in total. The fourth-order valence-corrected chi connectivity index (χ4v) is 13.7. The summed E-state index contributed by atoms with van der Waals surface area (Å²) in [5.74, 6) is -2.14. The Balaban J connectivity index is 1.08. The zero-order valence-electron chi connectivity index (χ0n) is 43.7. The predicted octanol–water partition coefficient (Wildman–Crippen LogP) is 10.1. The van der Waals surface area contributed by atoms with Gasteiger partial charge < -0.3 is 30.0 Å². The van der Waals surface area contributed by atoms with Gasteiger partial charge in [-0.15, -0.1) is 0 Å². The summed E-state index contributed by atoms with van der Waals surface area (Å²) >= 11 is 0. The molecule has 0 bridgehead atoms. The smallest absolute Gasteiger partial charge is 0.444 e. The van der Waals surface area contributed by atoms with Crippen LogP contribution in [0.5, 0.6) is 0 Å². The molecular formula is C55H75N2O13P. The minimum Gasteiger partial charge on any atom is -0.444 e. The minimum absolute atomic E-state index is 0.0209. The van der Waals surface area contributed by atoms with Crippen LogP contribution in [0.1, 0.15) is 145 Å². The van der Waals surface area contributed by atoms with Gasteiger partial charge in [0.2, 0.25) is 5.91 Å². The summed E-state index contributed by atoms with van der Waals surface area (Å²) in [6.07, 6.45) is 4.58. The molecule has 4 aliphatic carbocycles. The lowest BCUT2D eigenvalue weighted by Crippen LogP contribution is -2.63. The summed E-state index contributed by atoms with van der Waals surface area (Å²) in [6, 6.07) is 14.3. The Bertz CT molecular complexity index is 2480. The molecule has 0 aromatic heterocycles. The molecule has 1 heterocycles. The number of allylic oxidation sites excluding steroid dienone is 4. The average molecular weight is 1000 g/mol. The average Bonchev–Trinajstić information content (AvgIpc) is 3.74. The number of hydrogen-bond acceptors (Lipinski definition) is 13. The molecule has 0 spiro atoms. The topological polar surface area (TPSA) is 202 Å². The Labute approximate surface area is 419 Å². The van der Waals surface area contributed by atoms with E-state index in [9.17, 15) is 28.8 Å². The lowest BCUT2D eigenvalue weighted by atomic mass is 9.46. The molecule has 15 nitrogen and oxygen atoms in total. The summed E-state index contributed by atoms with van der Waals surface area (Å²) in [5.41, 5.74) is -1.50. The third kappa shape index (κ3) is 11.7. The number of ether oxygens (including phenoxy) is 3. The molecule has 16 heteroatoms. The number of carbonyl (C=O) groups is 5. The van der Waals surface area contributed by atoms with E-state index in [1.165, 1.54) is 0 Å². The van der Waals surface area contributed by atoms with E-state index in [4.69, 9.17) is 27.8 Å². The second-order valence-corrected chi connectivity index (χ2v) is 25.4. The van der Waals surface area contributed by atoms with Gasteiger partial charge in [-0.25, -0.2) is 9.36 Å². The molecule has 0 unspecified atom stereocenters. The number of phosphoric ester groups is 1. The molecule has 1 aliphatic heterocycles. The number of anilines is 1. The Morgan fingerprint density at radius 1 is 0.915 bits per heavy atom. The molecule has 2 aromatic rings. The van der Waals surface area contributed by atoms with Crippen molar-refractivity contribution < 1.29 is 61.4 Å². The van der Waals surface area contributed by atoms with E-state index in [0.29, 0.717) is 30.5 Å². The number of benzene rings is 2. The fraction of sp³-hybridized carbons (Fsp3) is 0.618. The lowest BCUT2D eigenvalue weighted by Gasteiger charge is -2.59. The number of rotatable bonds is 15. The first-order chi connectivity index (χ1) is 32.8. The summed E-state index contributed by atoms with van der Waals surface area (Å²) in [5, 5.41) is 17.8. The van der Waals surface area contributed by atoms with Gasteiger partial charge in [-0.3, -0.25) is 32.7 Å². The Hall–Kier alpha value is -4.34. The fourth-order valence-electron chi connectivity index (χ4n) is 11.9. The molecule has 7 rings (SSSR count). The van der Waals surface area contributed by atoms with Crippen molar-refractivity contribution in [2.24, 2.45) is 34.5 Å². The molecule has 0 radical (unpaired) electrons. The second kappa shape index (κ2) is 19.8. The molecule has 2 amide bonds. The SMILES string of the molecule is C[C@H](CC(=O)[C@H](C)NC(=O)OC(C)(C)C)C(=O)Nc1cccc(Cc2ccc([C@@H]3O[C@@H]4C[C@H]5[C@@H]6CCC7=CC(=O)C=C[C@]7(C)[C@H]6[C@@H](O)C[C@]5(C)[C@]4(C(=O)COP(=O)(OC(C)(C)C)OC(C)(C)C)O3)cc2)c1. The van der Waals surface area contributed by atoms with Crippen LogP contribution in [-0.4, -0.2) is 81.7 Å². The standard InChI is InChI=1S/C55H75N2O13P/c1-32(25-42(59)33(2)56-49(63)68-50(3,4)5)47(62)57-38-16-14-15-35(27-38)26-34-17-19-36(20-18-34)48-66-45-29-41-40-22-21-37-28-39(58)23-24-53(37,12)46(40)43(60)30-54(41,13)55(45,67-48)44(61)31-65-71(64,69-51(6,7)8)70-52(9,10)11/h14-20,23-24,27-28,32-33,40-41,43,45-46,48,60H,21-22,25-26,29-31H2,1-13H3,(H,56,63)(H,57,62)/t32-,33+,40+,41+,43+,45-,46-,48-,53+,54+,55-/m1/s1. The Kier molecular flexibility index (Phi) is 15.2. The highest BCUT2D eigenvalue weighted by Gasteiger charge is 2.76. The monoisotopic (exact) mass is 1000 g/mol. The van der Waals surface area contributed by atoms with Crippen LogP contribution in [0.4, 0.5) is 10.5 Å². The van der Waals surface area contributed by atoms with Crippen LogP contribution < -0.4 is 10.6 Å². The van der Waals surface area contributed by atoms with Gasteiger partial charge >= 0.3 is 13.9 Å². The number of carbonyl (C=O) groups excluding carboxylic acids is 5. The quantitative estimate of drug-likeness (QED) is 0.142. The summed E-state index contributed by atoms with van der Waals surface area (Å²) in [7, 11) is -4.32. The molecule has 11 atom stereocenters. The van der Waals surface area contributed by atoms with Crippen LogP contribution in [0.2, 0.25) is 0 Å². The number of phosphoric acid groups is 1. The van der Waals surface area contributed by atoms with Crippen molar-refractivity contribution >= 4 is 42.9 Å². The first kappa shape index (κ1) is 54.4. The van der Waals surface area contributed by atoms with E-state index in [0.717, 1.165) is 23.1 Å². The van der Waals surface area contributed by atoms with Crippen LogP contribution in [0.3, 0.4) is 0 Å². The second-order valence-electron chi connectivity index (χ2n) is 23.9. The van der Waals surface area contributed by atoms with Crippen LogP contribution in [0, 0.1) is 34.5 Å². The number of alkyl carbamates (subject to hydrolysis) is 1. The maximum Gasteiger partial charge on any atom is 0.476 e. The predicted molar refractivity (Wildman–Crippen MR) is 267 cm³/mol. The van der Waals surface area contributed by atoms with Crippen molar-refractivity contribution in [2.75, 3.05) is 11.9 Å². The molecule has 2 aromatic carbocycles. The van der Waals surface area contributed by atoms with Gasteiger partial charge in [0.05, 0.1) is 29.5 Å². The number of Topliss-reactive ketones (excluding diaryl/α,β-unsaturated/α-hetero) is 2. The van der Waals surface area contributed by atoms with E-state index < -0.39 is 90.0 Å². The molecule has 5 aliphatic rings. The van der Waals surface area contributed by atoms with Gasteiger partial charge in [0, 0.05) is 40.3 Å². The van der Waals surface area contributed by atoms with Crippen molar-refractivity contribution in [2.45, 2.75) is 175 Å². The first-order valence-corrected chi connectivity index (χ1v) is 26.5. The number of amides is 2. The number of aliphatic hydroxyl groups is 1. The van der Waals surface area contributed by atoms with Gasteiger partial charge in [0.1, 0.15) is 12.2 Å². The zero-order valence-corrected chi connectivity index (χ0v) is 44.6. The third-order valence-corrected chi connectivity index (χ3v) is 16.8. The molecule has 3 saturated carbocycles. The largest absolute Gasteiger partial charge is 0.476 e. The Morgan fingerprint density at radius 3 is 2.21 bits per heavy atom. The summed E-state index contributed by atoms with van der Waals surface area (Å²) in [6.45, 7) is 22.2. The highest BCUT2D eigenvalue weighted by atomic mass is 31.2. The van der Waals surface area contributed by atoms with Crippen LogP contribution in [0.25, 0.3) is 0 Å². The van der Waals surface area contributed by atoms with Crippen molar-refractivity contribution in [3.63, 3.8) is 0 Å². The minimum atomic E-state index is -4.32. The van der Waals surface area contributed by atoms with Crippen molar-refractivity contribution in [3.05, 3.63) is 89.0 Å². The maximum absolute atomic E-state index is 15.2. The highest BCUT2D eigenvalue weighted by Crippen LogP contribution is 2.71. The van der Waals surface area contributed by atoms with Crippen LogP contribution >= 0.6 is 7.82 Å². The number of ketones is 3. The van der Waals surface area contributed by atoms with Crippen molar-refractivity contribution in [3.8, 4) is 0 Å². The maximum atomic E-state index is 15.2. The van der Waals surface area contributed by atoms with E-state index in [2.05, 4.69) is 17.6 Å². The highest BCUT2D eigenvalue weighted by molar-refractivity contribution is 7.48. The molecule has 1 saturated heterocycles. The normalized spacial score (nSPS) is 30.2. The summed E-state index contributed by atoms with van der Waals surface area (Å²) < 4.78 is 51.2. The van der Waals surface area contributed by atoms with Crippen molar-refractivity contribution in [1.29, 1.82) is 0 Å². The van der Waals surface area contributed by atoms with E-state index in [-0.39, 0.29) is 48.1 Å². The third-order valence-electron chi connectivity index (χ3n) is 14.8. The van der Waals surface area contributed by atoms with Crippen LogP contribution in [0.15, 0.2) is 72.3 Å². The Morgan fingerprint density at radius 2 is 1.58 bits per heavy atom. The number of nitrogens with one attached hydrogen (secondary N) is 2.